The molecule has 0 spiro atoms. The van der Waals surface area contributed by atoms with Crippen molar-refractivity contribution in [2.45, 2.75) is 26.7 Å². The Balaban J connectivity index is 1.34. The molecule has 6 rings (SSSR count). The summed E-state index contributed by atoms with van der Waals surface area (Å²) in [5.41, 5.74) is 3.97. The molecule has 214 valence electrons. The van der Waals surface area contributed by atoms with Crippen LogP contribution in [0.15, 0.2) is 61.1 Å². The molecule has 3 N–H and O–H groups in total. The van der Waals surface area contributed by atoms with Crippen LogP contribution in [0.25, 0.3) is 38.3 Å². The number of carbonyl (C=O) groups excluding carboxylic acids is 1. The smallest absolute Gasteiger partial charge is 0.321 e. The monoisotopic (exact) mass is 583 g/mol. The van der Waals surface area contributed by atoms with Crippen LogP contribution in [0.3, 0.4) is 0 Å². The molecule has 0 aliphatic carbocycles. The van der Waals surface area contributed by atoms with Gasteiger partial charge in [-0.2, -0.15) is 0 Å². The van der Waals surface area contributed by atoms with Gasteiger partial charge in [0.15, 0.2) is 5.13 Å². The second-order valence-electron chi connectivity index (χ2n) is 10.4. The minimum atomic E-state index is -0.764. The summed E-state index contributed by atoms with van der Waals surface area (Å²) in [5.74, 6) is -0.194. The number of benzene rings is 2. The first-order chi connectivity index (χ1) is 20.3. The lowest BCUT2D eigenvalue weighted by atomic mass is 9.80. The van der Waals surface area contributed by atoms with E-state index in [0.717, 1.165) is 27.1 Å². The first kappa shape index (κ1) is 27.3. The first-order valence-electron chi connectivity index (χ1n) is 13.6. The van der Waals surface area contributed by atoms with Gasteiger partial charge in [-0.05, 0) is 56.5 Å². The van der Waals surface area contributed by atoms with Crippen molar-refractivity contribution >= 4 is 44.6 Å². The molecule has 1 fully saturated rings. The molecule has 1 aliphatic heterocycles. The van der Waals surface area contributed by atoms with Crippen LogP contribution in [0, 0.1) is 5.41 Å². The number of amides is 2. The quantitative estimate of drug-likeness (QED) is 0.245. The van der Waals surface area contributed by atoms with Crippen molar-refractivity contribution in [3.05, 3.63) is 61.1 Å². The summed E-state index contributed by atoms with van der Waals surface area (Å²) in [7, 11) is 0. The Labute approximate surface area is 245 Å². The number of para-hydroxylation sites is 1. The molecule has 2 amide bonds. The van der Waals surface area contributed by atoms with Gasteiger partial charge in [0, 0.05) is 43.2 Å². The fourth-order valence-electron chi connectivity index (χ4n) is 4.89. The van der Waals surface area contributed by atoms with Gasteiger partial charge in [0.05, 0.1) is 27.5 Å². The Morgan fingerprint density at radius 2 is 1.81 bits per heavy atom. The summed E-state index contributed by atoms with van der Waals surface area (Å²) < 4.78 is 2.58. The van der Waals surface area contributed by atoms with E-state index in [2.05, 4.69) is 35.9 Å². The van der Waals surface area contributed by atoms with Gasteiger partial charge in [0.1, 0.15) is 5.69 Å². The molecular weight excluding hydrogens is 554 g/mol. The van der Waals surface area contributed by atoms with Gasteiger partial charge in [0.25, 0.3) is 0 Å². The van der Waals surface area contributed by atoms with Crippen LogP contribution in [0.1, 0.15) is 26.7 Å². The van der Waals surface area contributed by atoms with Gasteiger partial charge in [-0.25, -0.2) is 24.4 Å². The maximum absolute atomic E-state index is 12.2. The van der Waals surface area contributed by atoms with E-state index in [1.807, 2.05) is 60.5 Å². The van der Waals surface area contributed by atoms with Crippen molar-refractivity contribution in [3.8, 4) is 28.1 Å². The average Bonchev–Trinajstić information content (AvgIpc) is 3.65. The van der Waals surface area contributed by atoms with E-state index >= 15 is 0 Å². The Kier molecular flexibility index (Phi) is 7.25. The zero-order valence-corrected chi connectivity index (χ0v) is 23.9. The summed E-state index contributed by atoms with van der Waals surface area (Å²) in [6, 6.07) is 13.4. The zero-order valence-electron chi connectivity index (χ0n) is 23.1. The number of rotatable bonds is 7. The van der Waals surface area contributed by atoms with E-state index < -0.39 is 11.4 Å². The molecule has 42 heavy (non-hydrogen) atoms. The maximum Gasteiger partial charge on any atom is 0.321 e. The first-order valence-corrected chi connectivity index (χ1v) is 14.4. The summed E-state index contributed by atoms with van der Waals surface area (Å²) in [5, 5.41) is 24.3. The number of piperidine rings is 1. The third kappa shape index (κ3) is 5.38. The minimum Gasteiger partial charge on any atom is -0.481 e. The number of carboxylic acid groups (broad SMARTS) is 1. The standard InChI is InChI=1S/C29H29N9O3S/c1-3-30-27(41)34-28-33-22-14-18(19-15-31-26(32-16-19)37-11-9-29(2,10-12-37)25(39)40)13-21(24(22)42-28)23-17-38(36-35-23)20-7-5-4-6-8-20/h4-8,13-17H,3,9-12H2,1-2H3,(H,39,40)(H2,30,33,34,41). The normalized spacial score (nSPS) is 14.6. The topological polar surface area (TPSA) is 151 Å². The highest BCUT2D eigenvalue weighted by molar-refractivity contribution is 7.22. The Morgan fingerprint density at radius 1 is 1.07 bits per heavy atom. The van der Waals surface area contributed by atoms with Crippen molar-refractivity contribution < 1.29 is 14.7 Å². The predicted octanol–water partition coefficient (Wildman–Crippen LogP) is 4.83. The van der Waals surface area contributed by atoms with Crippen molar-refractivity contribution in [2.24, 2.45) is 5.41 Å². The van der Waals surface area contributed by atoms with E-state index in [9.17, 15) is 14.7 Å². The van der Waals surface area contributed by atoms with Crippen LogP contribution in [0.4, 0.5) is 15.9 Å². The molecule has 1 saturated heterocycles. The van der Waals surface area contributed by atoms with E-state index in [0.29, 0.717) is 54.8 Å². The number of urea groups is 1. The minimum absolute atomic E-state index is 0.321. The molecule has 0 radical (unpaired) electrons. The van der Waals surface area contributed by atoms with Crippen molar-refractivity contribution in [3.63, 3.8) is 0 Å². The van der Waals surface area contributed by atoms with E-state index in [4.69, 9.17) is 0 Å². The lowest BCUT2D eigenvalue weighted by Crippen LogP contribution is -2.43. The highest BCUT2D eigenvalue weighted by Crippen LogP contribution is 2.38. The second kappa shape index (κ2) is 11.2. The Morgan fingerprint density at radius 3 is 2.50 bits per heavy atom. The number of carboxylic acids is 1. The predicted molar refractivity (Wildman–Crippen MR) is 161 cm³/mol. The molecule has 13 heteroatoms. The van der Waals surface area contributed by atoms with Gasteiger partial charge >= 0.3 is 12.0 Å². The van der Waals surface area contributed by atoms with Crippen LogP contribution < -0.4 is 15.5 Å². The molecule has 0 saturated carbocycles. The van der Waals surface area contributed by atoms with Crippen LogP contribution in [-0.2, 0) is 4.79 Å². The molecule has 4 heterocycles. The summed E-state index contributed by atoms with van der Waals surface area (Å²) >= 11 is 1.37. The Hall–Kier alpha value is -4.91. The number of hydrogen-bond donors (Lipinski definition) is 3. The van der Waals surface area contributed by atoms with Gasteiger partial charge in [-0.15, -0.1) is 5.10 Å². The second-order valence-corrected chi connectivity index (χ2v) is 11.4. The highest BCUT2D eigenvalue weighted by atomic mass is 32.1. The number of fused-ring (bicyclic) bond motifs is 1. The molecule has 5 aromatic rings. The molecule has 0 bridgehead atoms. The third-order valence-electron chi connectivity index (χ3n) is 7.48. The third-order valence-corrected chi connectivity index (χ3v) is 8.50. The number of nitrogens with zero attached hydrogens (tertiary/aromatic N) is 7. The van der Waals surface area contributed by atoms with Gasteiger partial charge in [-0.1, -0.05) is 34.7 Å². The van der Waals surface area contributed by atoms with Crippen LogP contribution in [-0.4, -0.2) is 66.7 Å². The van der Waals surface area contributed by atoms with Gasteiger partial charge in [0.2, 0.25) is 5.95 Å². The average molecular weight is 584 g/mol. The van der Waals surface area contributed by atoms with Crippen molar-refractivity contribution in [1.29, 1.82) is 0 Å². The molecule has 1 aliphatic rings. The summed E-state index contributed by atoms with van der Waals surface area (Å²) in [4.78, 5) is 39.7. The molecule has 0 atom stereocenters. The highest BCUT2D eigenvalue weighted by Gasteiger charge is 2.37. The molecule has 3 aromatic heterocycles. The van der Waals surface area contributed by atoms with Gasteiger partial charge in [-0.3, -0.25) is 10.1 Å². The molecule has 12 nitrogen and oxygen atoms in total. The fraction of sp³-hybridized carbons (Fsp3) is 0.276. The molecule has 2 aromatic carbocycles. The van der Waals surface area contributed by atoms with E-state index in [-0.39, 0.29) is 6.03 Å². The number of aromatic nitrogens is 6. The fourth-order valence-corrected chi connectivity index (χ4v) is 5.85. The van der Waals surface area contributed by atoms with Crippen LogP contribution in [0.2, 0.25) is 0 Å². The van der Waals surface area contributed by atoms with Gasteiger partial charge < -0.3 is 15.3 Å². The maximum atomic E-state index is 12.2. The molecule has 0 unspecified atom stereocenters. The zero-order chi connectivity index (χ0) is 29.3. The number of nitrogens with one attached hydrogen (secondary N) is 2. The van der Waals surface area contributed by atoms with E-state index in [1.165, 1.54) is 11.3 Å². The van der Waals surface area contributed by atoms with Crippen molar-refractivity contribution in [2.75, 3.05) is 29.9 Å². The van der Waals surface area contributed by atoms with Crippen LogP contribution in [0.5, 0.6) is 0 Å². The van der Waals surface area contributed by atoms with Crippen molar-refractivity contribution in [1.82, 2.24) is 35.3 Å². The SMILES string of the molecule is CCNC(=O)Nc1nc2cc(-c3cnc(N4CCC(C)(C(=O)O)CC4)nc3)cc(-c3cn(-c4ccccc4)nn3)c2s1. The Bertz CT molecular complexity index is 1740. The summed E-state index contributed by atoms with van der Waals surface area (Å²) in [6.45, 7) is 5.30. The van der Waals surface area contributed by atoms with E-state index in [1.54, 1.807) is 24.0 Å². The number of thiazole rings is 1. The van der Waals surface area contributed by atoms with Crippen LogP contribution >= 0.6 is 11.3 Å². The number of anilines is 2. The number of aliphatic carboxylic acids is 1. The molecular formula is C29H29N9O3S. The number of hydrogen-bond acceptors (Lipinski definition) is 9. The largest absolute Gasteiger partial charge is 0.481 e. The lowest BCUT2D eigenvalue weighted by Gasteiger charge is -2.36. The number of carbonyl (C=O) groups is 2. The summed E-state index contributed by atoms with van der Waals surface area (Å²) in [6.07, 6.45) is 6.46. The lowest BCUT2D eigenvalue weighted by molar-refractivity contribution is -0.149.